The van der Waals surface area contributed by atoms with Crippen LogP contribution in [0, 0.1) is 6.92 Å². The molecule has 0 atom stereocenters. The highest BCUT2D eigenvalue weighted by atomic mass is 19.3. The van der Waals surface area contributed by atoms with Gasteiger partial charge in [0.15, 0.2) is 0 Å². The molecule has 8 heteroatoms. The van der Waals surface area contributed by atoms with Crippen LogP contribution < -0.4 is 5.56 Å². The van der Waals surface area contributed by atoms with Crippen molar-refractivity contribution in [3.05, 3.63) is 27.4 Å². The highest BCUT2D eigenvalue weighted by Crippen LogP contribution is 2.23. The van der Waals surface area contributed by atoms with E-state index in [0.29, 0.717) is 11.3 Å². The average molecular weight is 296 g/mol. The number of nitrogens with zero attached hydrogens (tertiary/aromatic N) is 1. The van der Waals surface area contributed by atoms with Crippen LogP contribution in [0.3, 0.4) is 0 Å². The Bertz CT molecular complexity index is 515. The molecule has 0 aromatic carbocycles. The lowest BCUT2D eigenvalue weighted by molar-refractivity contribution is -0.168. The van der Waals surface area contributed by atoms with Gasteiger partial charge in [0.1, 0.15) is 19.0 Å². The highest BCUT2D eigenvalue weighted by molar-refractivity contribution is 5.19. The summed E-state index contributed by atoms with van der Waals surface area (Å²) >= 11 is 0. The van der Waals surface area contributed by atoms with Gasteiger partial charge in [-0.3, -0.25) is 4.79 Å². The predicted molar refractivity (Wildman–Crippen MR) is 64.3 cm³/mol. The van der Waals surface area contributed by atoms with Crippen LogP contribution in [0.5, 0.6) is 0 Å². The number of aromatic amines is 1. The molecule has 1 aromatic rings. The lowest BCUT2D eigenvalue weighted by Crippen LogP contribution is -2.32. The molecule has 114 valence electrons. The molecule has 0 amide bonds. The van der Waals surface area contributed by atoms with Gasteiger partial charge in [0, 0.05) is 11.3 Å². The topological polar surface area (TPSA) is 55.0 Å². The smallest absolute Gasteiger partial charge is 0.330 e. The van der Waals surface area contributed by atoms with Gasteiger partial charge in [-0.15, -0.1) is 0 Å². The third-order valence-corrected chi connectivity index (χ3v) is 2.62. The summed E-state index contributed by atoms with van der Waals surface area (Å²) in [4.78, 5) is 18.1. The van der Waals surface area contributed by atoms with Crippen LogP contribution in [0.4, 0.5) is 17.6 Å². The molecule has 0 fully saturated rings. The Kier molecular flexibility index (Phi) is 5.27. The monoisotopic (exact) mass is 296 g/mol. The molecule has 0 aliphatic heterocycles. The van der Waals surface area contributed by atoms with Gasteiger partial charge < -0.3 is 9.72 Å². The quantitative estimate of drug-likeness (QED) is 0.821. The van der Waals surface area contributed by atoms with Crippen molar-refractivity contribution in [1.29, 1.82) is 0 Å². The minimum Gasteiger partial charge on any atom is -0.367 e. The third kappa shape index (κ3) is 4.03. The first-order valence-corrected chi connectivity index (χ1v) is 5.98. The van der Waals surface area contributed by atoms with E-state index in [-0.39, 0.29) is 17.3 Å². The van der Waals surface area contributed by atoms with E-state index in [0.717, 1.165) is 0 Å². The predicted octanol–water partition coefficient (Wildman–Crippen LogP) is 2.62. The normalized spacial score (nSPS) is 12.4. The number of nitrogens with one attached hydrogen (secondary N) is 1. The van der Waals surface area contributed by atoms with Crippen molar-refractivity contribution < 1.29 is 22.3 Å². The molecule has 0 aliphatic rings. The van der Waals surface area contributed by atoms with Crippen LogP contribution in [0.25, 0.3) is 0 Å². The van der Waals surface area contributed by atoms with Gasteiger partial charge in [0.05, 0.1) is 0 Å². The van der Waals surface area contributed by atoms with Crippen molar-refractivity contribution in [2.24, 2.45) is 0 Å². The van der Waals surface area contributed by atoms with Crippen molar-refractivity contribution in [3.63, 3.8) is 0 Å². The third-order valence-electron chi connectivity index (χ3n) is 2.62. The summed E-state index contributed by atoms with van der Waals surface area (Å²) in [5.74, 6) is -4.22. The molecule has 1 aromatic heterocycles. The Balaban J connectivity index is 2.74. The Morgan fingerprint density at radius 3 is 2.40 bits per heavy atom. The van der Waals surface area contributed by atoms with E-state index in [4.69, 9.17) is 0 Å². The number of alkyl halides is 4. The lowest BCUT2D eigenvalue weighted by atomic mass is 10.0. The fraction of sp³-hybridized carbons (Fsp3) is 0.667. The summed E-state index contributed by atoms with van der Waals surface area (Å²) in [6.45, 7) is 3.36. The van der Waals surface area contributed by atoms with Crippen LogP contribution in [0.1, 0.15) is 36.8 Å². The SMILES string of the molecule is Cc1nc(COCC(F)(F)C(F)F)[nH]c(=O)c1C(C)C. The number of aryl methyl sites for hydroxylation is 1. The molecular formula is C12H16F4N2O2. The first kappa shape index (κ1) is 16.6. The molecule has 0 aliphatic carbocycles. The molecule has 0 saturated heterocycles. The van der Waals surface area contributed by atoms with Crippen molar-refractivity contribution in [2.75, 3.05) is 6.61 Å². The maximum atomic E-state index is 12.6. The average Bonchev–Trinajstić information content (AvgIpc) is 2.26. The Hall–Kier alpha value is -1.44. The van der Waals surface area contributed by atoms with Gasteiger partial charge in [0.2, 0.25) is 0 Å². The van der Waals surface area contributed by atoms with E-state index in [1.165, 1.54) is 0 Å². The summed E-state index contributed by atoms with van der Waals surface area (Å²) in [7, 11) is 0. The van der Waals surface area contributed by atoms with Crippen molar-refractivity contribution >= 4 is 0 Å². The van der Waals surface area contributed by atoms with Crippen LogP contribution in [-0.4, -0.2) is 28.9 Å². The number of halogens is 4. The zero-order valence-corrected chi connectivity index (χ0v) is 11.3. The van der Waals surface area contributed by atoms with Crippen molar-refractivity contribution in [2.45, 2.75) is 45.6 Å². The Morgan fingerprint density at radius 2 is 1.95 bits per heavy atom. The zero-order chi connectivity index (χ0) is 15.5. The minimum absolute atomic E-state index is 0.0296. The first-order valence-electron chi connectivity index (χ1n) is 5.98. The van der Waals surface area contributed by atoms with Crippen LogP contribution >= 0.6 is 0 Å². The fourth-order valence-corrected chi connectivity index (χ4v) is 1.75. The minimum atomic E-state index is -4.22. The fourth-order valence-electron chi connectivity index (χ4n) is 1.75. The summed E-state index contributed by atoms with van der Waals surface area (Å²) in [6, 6.07) is 0. The van der Waals surface area contributed by atoms with Gasteiger partial charge in [0.25, 0.3) is 5.56 Å². The maximum Gasteiger partial charge on any atom is 0.330 e. The van der Waals surface area contributed by atoms with E-state index in [2.05, 4.69) is 14.7 Å². The van der Waals surface area contributed by atoms with Crippen LogP contribution in [0.15, 0.2) is 4.79 Å². The summed E-state index contributed by atoms with van der Waals surface area (Å²) in [5, 5.41) is 0. The Labute approximate surface area is 113 Å². The number of H-pyrrole nitrogens is 1. The first-order chi connectivity index (χ1) is 9.15. The molecule has 0 bridgehead atoms. The number of hydrogen-bond donors (Lipinski definition) is 1. The van der Waals surface area contributed by atoms with Gasteiger partial charge in [-0.05, 0) is 12.8 Å². The van der Waals surface area contributed by atoms with Crippen LogP contribution in [0.2, 0.25) is 0 Å². The molecule has 0 spiro atoms. The van der Waals surface area contributed by atoms with Gasteiger partial charge >= 0.3 is 12.3 Å². The van der Waals surface area contributed by atoms with E-state index < -0.39 is 25.6 Å². The second kappa shape index (κ2) is 6.34. The summed E-state index contributed by atoms with van der Waals surface area (Å²) in [6.07, 6.45) is -3.79. The second-order valence-corrected chi connectivity index (χ2v) is 4.72. The van der Waals surface area contributed by atoms with Gasteiger partial charge in [-0.25, -0.2) is 13.8 Å². The molecule has 4 nitrogen and oxygen atoms in total. The number of hydrogen-bond acceptors (Lipinski definition) is 3. The molecule has 1 N–H and O–H groups in total. The number of rotatable bonds is 6. The molecule has 0 unspecified atom stereocenters. The molecular weight excluding hydrogens is 280 g/mol. The molecule has 1 rings (SSSR count). The van der Waals surface area contributed by atoms with E-state index in [1.54, 1.807) is 6.92 Å². The number of ether oxygens (including phenoxy) is 1. The van der Waals surface area contributed by atoms with Crippen molar-refractivity contribution in [1.82, 2.24) is 9.97 Å². The largest absolute Gasteiger partial charge is 0.367 e. The van der Waals surface area contributed by atoms with Gasteiger partial charge in [-0.1, -0.05) is 13.8 Å². The Morgan fingerprint density at radius 1 is 1.35 bits per heavy atom. The summed E-state index contributed by atoms with van der Waals surface area (Å²) < 4.78 is 53.5. The highest BCUT2D eigenvalue weighted by Gasteiger charge is 2.41. The van der Waals surface area contributed by atoms with E-state index in [1.807, 2.05) is 13.8 Å². The maximum absolute atomic E-state index is 12.6. The molecule has 20 heavy (non-hydrogen) atoms. The standard InChI is InChI=1S/C12H16F4N2O2/c1-6(2)9-7(3)17-8(18-10(9)19)4-20-5-12(15,16)11(13)14/h6,11H,4-5H2,1-3H3,(H,17,18,19). The molecule has 0 radical (unpaired) electrons. The van der Waals surface area contributed by atoms with Gasteiger partial charge in [-0.2, -0.15) is 8.78 Å². The second-order valence-electron chi connectivity index (χ2n) is 4.72. The molecule has 0 saturated carbocycles. The van der Waals surface area contributed by atoms with Crippen molar-refractivity contribution in [3.8, 4) is 0 Å². The van der Waals surface area contributed by atoms with E-state index in [9.17, 15) is 22.4 Å². The summed E-state index contributed by atoms with van der Waals surface area (Å²) in [5.41, 5.74) is 0.571. The molecule has 1 heterocycles. The number of aromatic nitrogens is 2. The zero-order valence-electron chi connectivity index (χ0n) is 11.3. The van der Waals surface area contributed by atoms with E-state index >= 15 is 0 Å². The van der Waals surface area contributed by atoms with Crippen LogP contribution in [-0.2, 0) is 11.3 Å². The lowest BCUT2D eigenvalue weighted by Gasteiger charge is -2.15.